The van der Waals surface area contributed by atoms with Crippen molar-refractivity contribution in [1.29, 1.82) is 0 Å². The van der Waals surface area contributed by atoms with E-state index >= 15 is 0 Å². The lowest BCUT2D eigenvalue weighted by atomic mass is 9.98. The molecule has 0 saturated carbocycles. The summed E-state index contributed by atoms with van der Waals surface area (Å²) in [6.07, 6.45) is 0. The molecule has 0 atom stereocenters. The van der Waals surface area contributed by atoms with Crippen molar-refractivity contribution in [2.24, 2.45) is 0 Å². The van der Waals surface area contributed by atoms with Crippen molar-refractivity contribution < 1.29 is 0 Å². The van der Waals surface area contributed by atoms with Gasteiger partial charge in [0.15, 0.2) is 0 Å². The van der Waals surface area contributed by atoms with Gasteiger partial charge in [0.05, 0.1) is 22.1 Å². The predicted octanol–water partition coefficient (Wildman–Crippen LogP) is 12.4. The molecule has 10 rings (SSSR count). The van der Waals surface area contributed by atoms with Crippen molar-refractivity contribution in [3.63, 3.8) is 0 Å². The molecule has 0 aliphatic carbocycles. The van der Waals surface area contributed by atoms with Gasteiger partial charge in [0.1, 0.15) is 0 Å². The average Bonchev–Trinajstić information content (AvgIpc) is 3.68. The van der Waals surface area contributed by atoms with Crippen LogP contribution < -0.4 is 0 Å². The number of nitrogens with zero attached hydrogens (tertiary/aromatic N) is 2. The van der Waals surface area contributed by atoms with Crippen LogP contribution in [0.5, 0.6) is 0 Å². The van der Waals surface area contributed by atoms with Crippen molar-refractivity contribution in [2.45, 2.75) is 0 Å². The molecule has 0 aliphatic rings. The number of hydrogen-bond donors (Lipinski definition) is 0. The lowest BCUT2D eigenvalue weighted by Crippen LogP contribution is -1.96. The normalized spacial score (nSPS) is 11.8. The Hall–Kier alpha value is -6.38. The minimum Gasteiger partial charge on any atom is -0.309 e. The topological polar surface area (TPSA) is 9.86 Å². The van der Waals surface area contributed by atoms with Crippen LogP contribution in [0, 0.1) is 0 Å². The van der Waals surface area contributed by atoms with Crippen LogP contribution in [0.15, 0.2) is 182 Å². The Morgan fingerprint density at radius 1 is 0.292 bits per heavy atom. The fourth-order valence-electron chi connectivity index (χ4n) is 7.81. The summed E-state index contributed by atoms with van der Waals surface area (Å²) in [6.45, 7) is 0. The van der Waals surface area contributed by atoms with Gasteiger partial charge in [0.2, 0.25) is 0 Å². The van der Waals surface area contributed by atoms with E-state index in [0.29, 0.717) is 0 Å². The van der Waals surface area contributed by atoms with Crippen LogP contribution in [0.4, 0.5) is 0 Å². The maximum absolute atomic E-state index is 2.46. The first-order valence-corrected chi connectivity index (χ1v) is 16.5. The third-order valence-electron chi connectivity index (χ3n) is 9.90. The van der Waals surface area contributed by atoms with Crippen LogP contribution in [0.25, 0.3) is 88.0 Å². The molecule has 10 aromatic rings. The number of rotatable bonds is 4. The first-order valence-electron chi connectivity index (χ1n) is 16.5. The Labute approximate surface area is 278 Å². The minimum atomic E-state index is 1.15. The molecule has 0 fully saturated rings. The van der Waals surface area contributed by atoms with Crippen LogP contribution in [-0.2, 0) is 0 Å². The summed E-state index contributed by atoms with van der Waals surface area (Å²) in [5.41, 5.74) is 12.1. The lowest BCUT2D eigenvalue weighted by Gasteiger charge is -2.14. The molecule has 2 heterocycles. The lowest BCUT2D eigenvalue weighted by molar-refractivity contribution is 1.18. The largest absolute Gasteiger partial charge is 0.309 e. The second-order valence-corrected chi connectivity index (χ2v) is 12.6. The quantitative estimate of drug-likeness (QED) is 0.188. The van der Waals surface area contributed by atoms with Crippen LogP contribution in [-0.4, -0.2) is 9.13 Å². The van der Waals surface area contributed by atoms with Crippen molar-refractivity contribution >= 4 is 54.4 Å². The second kappa shape index (κ2) is 10.6. The van der Waals surface area contributed by atoms with Crippen molar-refractivity contribution in [2.75, 3.05) is 0 Å². The number of para-hydroxylation sites is 4. The van der Waals surface area contributed by atoms with Crippen LogP contribution in [0.2, 0.25) is 0 Å². The van der Waals surface area contributed by atoms with Crippen LogP contribution in [0.3, 0.4) is 0 Å². The molecular formula is C46H30N2. The van der Waals surface area contributed by atoms with Gasteiger partial charge in [-0.25, -0.2) is 0 Å². The van der Waals surface area contributed by atoms with Gasteiger partial charge >= 0.3 is 0 Å². The first-order chi connectivity index (χ1) is 23.8. The summed E-state index contributed by atoms with van der Waals surface area (Å²) in [4.78, 5) is 0. The molecule has 2 heteroatoms. The highest BCUT2D eigenvalue weighted by Gasteiger charge is 2.19. The molecular weight excluding hydrogens is 581 g/mol. The van der Waals surface area contributed by atoms with Gasteiger partial charge in [-0.2, -0.15) is 0 Å². The monoisotopic (exact) mass is 610 g/mol. The number of fused-ring (bicyclic) bond motifs is 7. The highest BCUT2D eigenvalue weighted by molar-refractivity contribution is 6.15. The number of hydrogen-bond acceptors (Lipinski definition) is 0. The standard InChI is InChI=1S/C46H30N2/c1-2-16-34(17-3-1)47-43-25-8-7-21-40(43)42-30-33(27-28-45(42)47)38-23-12-24-41-39-20-6-9-26-44(39)48(46(38)41)35-18-10-15-32(29-35)37-22-11-14-31-13-4-5-19-36(31)37/h1-30H. The van der Waals surface area contributed by atoms with E-state index in [1.165, 1.54) is 82.3 Å². The SMILES string of the molecule is c1ccc(-n2c3ccccc3c3cc(-c4cccc5c6ccccc6n(-c6cccc(-c7cccc8ccccc78)c6)c45)ccc32)cc1. The van der Waals surface area contributed by atoms with Gasteiger partial charge in [-0.3, -0.25) is 0 Å². The Balaban J connectivity index is 1.23. The maximum Gasteiger partial charge on any atom is 0.0619 e. The Kier molecular flexibility index (Phi) is 5.91. The van der Waals surface area contributed by atoms with Crippen molar-refractivity contribution in [3.05, 3.63) is 182 Å². The van der Waals surface area contributed by atoms with Crippen molar-refractivity contribution in [3.8, 4) is 33.6 Å². The van der Waals surface area contributed by atoms with Crippen LogP contribution in [0.1, 0.15) is 0 Å². The Morgan fingerprint density at radius 2 is 0.854 bits per heavy atom. The van der Waals surface area contributed by atoms with E-state index in [4.69, 9.17) is 0 Å². The van der Waals surface area contributed by atoms with Gasteiger partial charge in [-0.05, 0) is 76.0 Å². The molecule has 0 unspecified atom stereocenters. The number of aromatic nitrogens is 2. The van der Waals surface area contributed by atoms with Crippen LogP contribution >= 0.6 is 0 Å². The fourth-order valence-corrected chi connectivity index (χ4v) is 7.81. The Morgan fingerprint density at radius 3 is 1.71 bits per heavy atom. The molecule has 224 valence electrons. The van der Waals surface area contributed by atoms with E-state index in [1.54, 1.807) is 0 Å². The molecule has 0 saturated heterocycles. The first kappa shape index (κ1) is 26.8. The van der Waals surface area contributed by atoms with Crippen molar-refractivity contribution in [1.82, 2.24) is 9.13 Å². The van der Waals surface area contributed by atoms with E-state index in [2.05, 4.69) is 191 Å². The summed E-state index contributed by atoms with van der Waals surface area (Å²) in [5, 5.41) is 7.54. The Bertz CT molecular complexity index is 2830. The van der Waals surface area contributed by atoms with Gasteiger partial charge in [-0.15, -0.1) is 0 Å². The average molecular weight is 611 g/mol. The minimum absolute atomic E-state index is 1.15. The molecule has 8 aromatic carbocycles. The fraction of sp³-hybridized carbons (Fsp3) is 0. The summed E-state index contributed by atoms with van der Waals surface area (Å²) >= 11 is 0. The summed E-state index contributed by atoms with van der Waals surface area (Å²) < 4.78 is 4.84. The maximum atomic E-state index is 2.46. The molecule has 2 nitrogen and oxygen atoms in total. The zero-order chi connectivity index (χ0) is 31.6. The van der Waals surface area contributed by atoms with Gasteiger partial charge in [0.25, 0.3) is 0 Å². The van der Waals surface area contributed by atoms with E-state index in [9.17, 15) is 0 Å². The third-order valence-corrected chi connectivity index (χ3v) is 9.90. The molecule has 2 aromatic heterocycles. The second-order valence-electron chi connectivity index (χ2n) is 12.6. The summed E-state index contributed by atoms with van der Waals surface area (Å²) in [7, 11) is 0. The van der Waals surface area contributed by atoms with E-state index in [-0.39, 0.29) is 0 Å². The highest BCUT2D eigenvalue weighted by Crippen LogP contribution is 2.41. The van der Waals surface area contributed by atoms with Gasteiger partial charge in [-0.1, -0.05) is 133 Å². The van der Waals surface area contributed by atoms with E-state index < -0.39 is 0 Å². The summed E-state index contributed by atoms with van der Waals surface area (Å²) in [5.74, 6) is 0. The molecule has 0 bridgehead atoms. The van der Waals surface area contributed by atoms with Gasteiger partial charge < -0.3 is 9.13 Å². The predicted molar refractivity (Wildman–Crippen MR) is 203 cm³/mol. The molecule has 0 spiro atoms. The zero-order valence-corrected chi connectivity index (χ0v) is 26.2. The van der Waals surface area contributed by atoms with Gasteiger partial charge in [0, 0.05) is 38.5 Å². The van der Waals surface area contributed by atoms with E-state index in [1.807, 2.05) is 0 Å². The van der Waals surface area contributed by atoms with E-state index in [0.717, 1.165) is 5.69 Å². The number of benzene rings is 8. The third kappa shape index (κ3) is 4.00. The smallest absolute Gasteiger partial charge is 0.0619 e. The molecule has 0 N–H and O–H groups in total. The molecule has 0 radical (unpaired) electrons. The zero-order valence-electron chi connectivity index (χ0n) is 26.2. The molecule has 0 amide bonds. The highest BCUT2D eigenvalue weighted by atomic mass is 15.0. The summed E-state index contributed by atoms with van der Waals surface area (Å²) in [6, 6.07) is 66.2. The molecule has 0 aliphatic heterocycles. The molecule has 48 heavy (non-hydrogen) atoms.